The van der Waals surface area contributed by atoms with Crippen molar-refractivity contribution in [2.45, 2.75) is 0 Å². The summed E-state index contributed by atoms with van der Waals surface area (Å²) in [4.78, 5) is 48.6. The van der Waals surface area contributed by atoms with E-state index in [9.17, 15) is 24.5 Å². The minimum atomic E-state index is -0.962. The lowest BCUT2D eigenvalue weighted by Crippen LogP contribution is -2.54. The SMILES string of the molecule is C#CCOc1c(I)cc(/C=C2\C(=O)NC(=O)N(c3ccc([N+](=O)[O-])cc3)C2=O)cc1OC. The topological polar surface area (TPSA) is 128 Å². The molecule has 1 aliphatic heterocycles. The van der Waals surface area contributed by atoms with Crippen molar-refractivity contribution < 1.29 is 28.8 Å². The van der Waals surface area contributed by atoms with E-state index in [1.807, 2.05) is 22.6 Å². The number of benzene rings is 2. The first-order valence-electron chi connectivity index (χ1n) is 8.86. The first-order valence-corrected chi connectivity index (χ1v) is 9.94. The largest absolute Gasteiger partial charge is 0.493 e. The summed E-state index contributed by atoms with van der Waals surface area (Å²) in [6, 6.07) is 7.02. The van der Waals surface area contributed by atoms with Crippen molar-refractivity contribution in [3.63, 3.8) is 0 Å². The number of nitrogens with zero attached hydrogens (tertiary/aromatic N) is 2. The minimum absolute atomic E-state index is 0.0278. The van der Waals surface area contributed by atoms with Crippen molar-refractivity contribution in [3.8, 4) is 23.8 Å². The van der Waals surface area contributed by atoms with Gasteiger partial charge in [0.05, 0.1) is 21.3 Å². The molecule has 0 aliphatic carbocycles. The van der Waals surface area contributed by atoms with Crippen LogP contribution in [0.3, 0.4) is 0 Å². The molecule has 1 heterocycles. The molecule has 0 unspecified atom stereocenters. The van der Waals surface area contributed by atoms with Crippen molar-refractivity contribution in [2.75, 3.05) is 18.6 Å². The van der Waals surface area contributed by atoms with E-state index in [2.05, 4.69) is 11.2 Å². The number of terminal acetylenes is 1. The highest BCUT2D eigenvalue weighted by atomic mass is 127. The summed E-state index contributed by atoms with van der Waals surface area (Å²) in [7, 11) is 1.43. The molecule has 2 aromatic rings. The molecule has 32 heavy (non-hydrogen) atoms. The van der Waals surface area contributed by atoms with Gasteiger partial charge < -0.3 is 9.47 Å². The summed E-state index contributed by atoms with van der Waals surface area (Å²) in [6.07, 6.45) is 6.53. The minimum Gasteiger partial charge on any atom is -0.493 e. The molecule has 3 rings (SSSR count). The summed E-state index contributed by atoms with van der Waals surface area (Å²) in [5.74, 6) is 1.35. The number of amides is 4. The van der Waals surface area contributed by atoms with Crippen LogP contribution in [0.2, 0.25) is 0 Å². The van der Waals surface area contributed by atoms with Crippen LogP contribution in [-0.2, 0) is 9.59 Å². The number of hydrogen-bond acceptors (Lipinski definition) is 7. The van der Waals surface area contributed by atoms with Gasteiger partial charge in [-0.15, -0.1) is 6.42 Å². The zero-order valence-electron chi connectivity index (χ0n) is 16.5. The van der Waals surface area contributed by atoms with Gasteiger partial charge in [-0.25, -0.2) is 9.69 Å². The van der Waals surface area contributed by atoms with Crippen LogP contribution in [0.4, 0.5) is 16.2 Å². The number of nitro groups is 1. The van der Waals surface area contributed by atoms with E-state index in [1.165, 1.54) is 25.3 Å². The third-order valence-corrected chi connectivity index (χ3v) is 5.08. The van der Waals surface area contributed by atoms with Crippen LogP contribution >= 0.6 is 22.6 Å². The Kier molecular flexibility index (Phi) is 6.74. The molecule has 1 aliphatic rings. The first kappa shape index (κ1) is 22.8. The molecule has 0 aromatic heterocycles. The molecule has 162 valence electrons. The Bertz CT molecular complexity index is 1200. The van der Waals surface area contributed by atoms with E-state index in [1.54, 1.807) is 12.1 Å². The lowest BCUT2D eigenvalue weighted by molar-refractivity contribution is -0.384. The maximum atomic E-state index is 13.0. The van der Waals surface area contributed by atoms with Gasteiger partial charge in [-0.3, -0.25) is 25.0 Å². The Labute approximate surface area is 195 Å². The van der Waals surface area contributed by atoms with Gasteiger partial charge in [0, 0.05) is 12.1 Å². The number of urea groups is 1. The second-order valence-corrected chi connectivity index (χ2v) is 7.42. The van der Waals surface area contributed by atoms with Gasteiger partial charge in [0.2, 0.25) is 0 Å². The van der Waals surface area contributed by atoms with E-state index < -0.39 is 22.8 Å². The summed E-state index contributed by atoms with van der Waals surface area (Å²) in [5, 5.41) is 12.9. The molecule has 0 atom stereocenters. The number of carbonyl (C=O) groups is 3. The molecular formula is C21H14IN3O7. The van der Waals surface area contributed by atoms with Crippen molar-refractivity contribution in [2.24, 2.45) is 0 Å². The average molecular weight is 547 g/mol. The monoisotopic (exact) mass is 547 g/mol. The number of methoxy groups -OCH3 is 1. The fourth-order valence-electron chi connectivity index (χ4n) is 2.86. The molecule has 0 bridgehead atoms. The number of ether oxygens (including phenoxy) is 2. The average Bonchev–Trinajstić information content (AvgIpc) is 2.75. The Morgan fingerprint density at radius 2 is 1.94 bits per heavy atom. The molecule has 0 saturated carbocycles. The fraction of sp³-hybridized carbons (Fsp3) is 0.0952. The zero-order valence-corrected chi connectivity index (χ0v) is 18.6. The van der Waals surface area contributed by atoms with Crippen molar-refractivity contribution >= 4 is 57.9 Å². The van der Waals surface area contributed by atoms with E-state index >= 15 is 0 Å². The lowest BCUT2D eigenvalue weighted by Gasteiger charge is -2.26. The van der Waals surface area contributed by atoms with Crippen molar-refractivity contribution in [3.05, 3.63) is 61.2 Å². The maximum Gasteiger partial charge on any atom is 0.335 e. The quantitative estimate of drug-likeness (QED) is 0.147. The lowest BCUT2D eigenvalue weighted by atomic mass is 10.1. The van der Waals surface area contributed by atoms with E-state index in [4.69, 9.17) is 15.9 Å². The molecule has 1 saturated heterocycles. The highest BCUT2D eigenvalue weighted by Crippen LogP contribution is 2.35. The van der Waals surface area contributed by atoms with Gasteiger partial charge in [-0.2, -0.15) is 0 Å². The van der Waals surface area contributed by atoms with Crippen LogP contribution in [0.1, 0.15) is 5.56 Å². The predicted molar refractivity (Wildman–Crippen MR) is 122 cm³/mol. The number of rotatable bonds is 6. The predicted octanol–water partition coefficient (Wildman–Crippen LogP) is 2.89. The highest BCUT2D eigenvalue weighted by molar-refractivity contribution is 14.1. The molecular weight excluding hydrogens is 533 g/mol. The van der Waals surface area contributed by atoms with Crippen molar-refractivity contribution in [1.29, 1.82) is 0 Å². The van der Waals surface area contributed by atoms with Gasteiger partial charge in [0.25, 0.3) is 17.5 Å². The smallest absolute Gasteiger partial charge is 0.335 e. The Balaban J connectivity index is 2.00. The molecule has 11 heteroatoms. The van der Waals surface area contributed by atoms with Crippen LogP contribution in [0.5, 0.6) is 11.5 Å². The Morgan fingerprint density at radius 1 is 1.25 bits per heavy atom. The number of anilines is 1. The zero-order chi connectivity index (χ0) is 23.4. The van der Waals surface area contributed by atoms with Crippen molar-refractivity contribution in [1.82, 2.24) is 5.32 Å². The second kappa shape index (κ2) is 9.48. The standard InChI is InChI=1S/C21H14IN3O7/c1-3-8-32-18-16(22)10-12(11-17(18)31-2)9-15-19(26)23-21(28)24(20(15)27)13-4-6-14(7-5-13)25(29)30/h1,4-7,9-11H,8H2,2H3,(H,23,26,28)/b15-9+. The summed E-state index contributed by atoms with van der Waals surface area (Å²) in [6.45, 7) is 0.0278. The van der Waals surface area contributed by atoms with Gasteiger partial charge in [-0.1, -0.05) is 5.92 Å². The van der Waals surface area contributed by atoms with Crippen LogP contribution in [0.15, 0.2) is 42.0 Å². The maximum absolute atomic E-state index is 13.0. The third kappa shape index (κ3) is 4.54. The normalized spacial score (nSPS) is 14.7. The van der Waals surface area contributed by atoms with Crippen LogP contribution in [0, 0.1) is 26.0 Å². The van der Waals surface area contributed by atoms with Gasteiger partial charge >= 0.3 is 6.03 Å². The van der Waals surface area contributed by atoms with Gasteiger partial charge in [-0.05, 0) is 58.5 Å². The Hall–Kier alpha value is -3.92. The van der Waals surface area contributed by atoms with E-state index in [-0.39, 0.29) is 23.6 Å². The molecule has 1 N–H and O–H groups in total. The summed E-state index contributed by atoms with van der Waals surface area (Å²) in [5.41, 5.74) is -0.00475. The second-order valence-electron chi connectivity index (χ2n) is 6.26. The van der Waals surface area contributed by atoms with Crippen LogP contribution < -0.4 is 19.7 Å². The van der Waals surface area contributed by atoms with Gasteiger partial charge in [0.1, 0.15) is 12.2 Å². The molecule has 4 amide bonds. The molecule has 0 radical (unpaired) electrons. The van der Waals surface area contributed by atoms with Gasteiger partial charge in [0.15, 0.2) is 11.5 Å². The number of nitro benzene ring substituents is 1. The van der Waals surface area contributed by atoms with E-state index in [0.29, 0.717) is 20.6 Å². The summed E-state index contributed by atoms with van der Waals surface area (Å²) < 4.78 is 11.4. The number of carbonyl (C=O) groups excluding carboxylic acids is 3. The summed E-state index contributed by atoms with van der Waals surface area (Å²) >= 11 is 2.00. The number of non-ortho nitro benzene ring substituents is 1. The Morgan fingerprint density at radius 3 is 2.53 bits per heavy atom. The van der Waals surface area contributed by atoms with E-state index in [0.717, 1.165) is 17.0 Å². The number of imide groups is 2. The molecule has 0 spiro atoms. The molecule has 1 fully saturated rings. The van der Waals surface area contributed by atoms with Crippen LogP contribution in [-0.4, -0.2) is 36.5 Å². The number of halogens is 1. The molecule has 2 aromatic carbocycles. The molecule has 10 nitrogen and oxygen atoms in total. The number of barbiturate groups is 1. The number of hydrogen-bond donors (Lipinski definition) is 1. The van der Waals surface area contributed by atoms with Crippen LogP contribution in [0.25, 0.3) is 6.08 Å². The first-order chi connectivity index (χ1) is 15.3. The third-order valence-electron chi connectivity index (χ3n) is 4.28. The fourth-order valence-corrected chi connectivity index (χ4v) is 3.64. The number of nitrogens with one attached hydrogen (secondary N) is 1. The highest BCUT2D eigenvalue weighted by Gasteiger charge is 2.37.